The summed E-state index contributed by atoms with van der Waals surface area (Å²) >= 11 is 0. The van der Waals surface area contributed by atoms with Gasteiger partial charge in [-0.1, -0.05) is 126 Å². The molecule has 8 rings (SSSR count). The van der Waals surface area contributed by atoms with Gasteiger partial charge in [-0.05, 0) is 55.0 Å². The highest BCUT2D eigenvalue weighted by molar-refractivity contribution is 6.64. The largest absolute Gasteiger partial charge is 0.508 e. The van der Waals surface area contributed by atoms with E-state index in [2.05, 4.69) is 119 Å². The standard InChI is InChI=1S/C47H43B4N5O/c1-27-21-22-33-37(25-27)56(31-18-12-17-30(26-31)38-41(48)42(49)43(50)44(51)45(38)57)36-24-23-35(52-2)39(40(33)36)32-19-10-11-20-34(32)54-47(29-15-8-5-9-16-29)55-46(53-3)28-13-6-4-7-14-28/h4-24,26-27,52,57H,3,25,48-51H2,1-2H3/b54-47-,55-46-. The van der Waals surface area contributed by atoms with Crippen molar-refractivity contribution in [1.29, 1.82) is 0 Å². The maximum absolute atomic E-state index is 11.5. The van der Waals surface area contributed by atoms with Crippen molar-refractivity contribution in [3.8, 4) is 33.7 Å². The molecule has 2 N–H and O–H groups in total. The molecule has 0 aliphatic heterocycles. The molecular weight excluding hydrogens is 694 g/mol. The molecule has 0 saturated heterocycles. The van der Waals surface area contributed by atoms with E-state index in [9.17, 15) is 5.11 Å². The van der Waals surface area contributed by atoms with Crippen LogP contribution in [-0.2, 0) is 6.42 Å². The third-order valence-corrected chi connectivity index (χ3v) is 11.5. The van der Waals surface area contributed by atoms with Crippen molar-refractivity contribution in [3.05, 3.63) is 150 Å². The van der Waals surface area contributed by atoms with E-state index in [-0.39, 0.29) is 0 Å². The van der Waals surface area contributed by atoms with E-state index in [0.717, 1.165) is 84.2 Å². The number of nitrogens with zero attached hydrogens (tertiary/aromatic N) is 4. The maximum atomic E-state index is 11.5. The number of aromatic nitrogens is 1. The number of anilines is 1. The van der Waals surface area contributed by atoms with E-state index in [1.165, 1.54) is 16.7 Å². The number of para-hydroxylation sites is 1. The second-order valence-electron chi connectivity index (χ2n) is 14.9. The average molecular weight is 737 g/mol. The number of phenolic OH excluding ortho intramolecular Hbond substituents is 1. The zero-order valence-electron chi connectivity index (χ0n) is 33.4. The number of hydrogen-bond acceptors (Lipinski definition) is 3. The van der Waals surface area contributed by atoms with Gasteiger partial charge in [-0.3, -0.25) is 0 Å². The van der Waals surface area contributed by atoms with Gasteiger partial charge >= 0.3 is 0 Å². The first-order chi connectivity index (χ1) is 27.7. The summed E-state index contributed by atoms with van der Waals surface area (Å²) in [6.07, 6.45) is 5.50. The van der Waals surface area contributed by atoms with E-state index in [1.807, 2.05) is 81.6 Å². The van der Waals surface area contributed by atoms with Crippen LogP contribution in [0.2, 0.25) is 0 Å². The number of aromatic hydroxyl groups is 1. The van der Waals surface area contributed by atoms with Crippen molar-refractivity contribution in [3.63, 3.8) is 0 Å². The molecule has 0 fully saturated rings. The fourth-order valence-electron chi connectivity index (χ4n) is 8.22. The molecule has 0 amide bonds. The molecule has 0 bridgehead atoms. The lowest BCUT2D eigenvalue weighted by Gasteiger charge is -2.20. The number of fused-ring (bicyclic) bond motifs is 3. The Kier molecular flexibility index (Phi) is 10.2. The van der Waals surface area contributed by atoms with Crippen LogP contribution in [0.15, 0.2) is 142 Å². The summed E-state index contributed by atoms with van der Waals surface area (Å²) in [4.78, 5) is 14.7. The summed E-state index contributed by atoms with van der Waals surface area (Å²) in [6, 6.07) is 41.2. The number of phenols is 1. The van der Waals surface area contributed by atoms with Gasteiger partial charge in [0.05, 0.1) is 11.2 Å². The van der Waals surface area contributed by atoms with E-state index < -0.39 is 0 Å². The first kappa shape index (κ1) is 37.4. The summed E-state index contributed by atoms with van der Waals surface area (Å²) in [5.74, 6) is 1.75. The Hall–Kier alpha value is -6.53. The van der Waals surface area contributed by atoms with Crippen molar-refractivity contribution in [2.45, 2.75) is 13.3 Å². The Morgan fingerprint density at radius 3 is 2.12 bits per heavy atom. The van der Waals surface area contributed by atoms with Gasteiger partial charge < -0.3 is 15.0 Å². The zero-order valence-corrected chi connectivity index (χ0v) is 33.4. The van der Waals surface area contributed by atoms with Crippen molar-refractivity contribution in [1.82, 2.24) is 4.57 Å². The molecule has 57 heavy (non-hydrogen) atoms. The van der Waals surface area contributed by atoms with Gasteiger partial charge in [0.15, 0.2) is 11.7 Å². The number of benzene rings is 6. The summed E-state index contributed by atoms with van der Waals surface area (Å²) in [7, 11) is 10.3. The highest BCUT2D eigenvalue weighted by atomic mass is 16.3. The summed E-state index contributed by atoms with van der Waals surface area (Å²) in [5.41, 5.74) is 16.4. The van der Waals surface area contributed by atoms with Crippen LogP contribution < -0.4 is 27.2 Å². The van der Waals surface area contributed by atoms with E-state index in [4.69, 9.17) is 9.98 Å². The molecule has 0 radical (unpaired) electrons. The molecular formula is C47H43B4N5O. The van der Waals surface area contributed by atoms with Crippen LogP contribution in [-0.4, -0.2) is 66.5 Å². The minimum atomic E-state index is 0.348. The number of rotatable bonds is 7. The lowest BCUT2D eigenvalue weighted by molar-refractivity contribution is 0.482. The predicted octanol–water partition coefficient (Wildman–Crippen LogP) is 4.18. The Bertz CT molecular complexity index is 2760. The Morgan fingerprint density at radius 1 is 0.754 bits per heavy atom. The van der Waals surface area contributed by atoms with Crippen molar-refractivity contribution < 1.29 is 5.11 Å². The molecule has 1 unspecified atom stereocenters. The smallest absolute Gasteiger partial charge is 0.162 e. The van der Waals surface area contributed by atoms with Gasteiger partial charge in [-0.25, -0.2) is 15.0 Å². The maximum Gasteiger partial charge on any atom is 0.162 e. The lowest BCUT2D eigenvalue weighted by Crippen LogP contribution is -2.48. The van der Waals surface area contributed by atoms with Crippen LogP contribution in [0.25, 0.3) is 44.9 Å². The molecule has 6 aromatic carbocycles. The third-order valence-electron chi connectivity index (χ3n) is 11.5. The van der Waals surface area contributed by atoms with Gasteiger partial charge in [-0.15, -0.1) is 5.46 Å². The van der Waals surface area contributed by atoms with Gasteiger partial charge in [0.2, 0.25) is 0 Å². The van der Waals surface area contributed by atoms with Crippen LogP contribution in [0.5, 0.6) is 5.75 Å². The normalized spacial score (nSPS) is 14.1. The average Bonchev–Trinajstić information content (AvgIpc) is 3.57. The van der Waals surface area contributed by atoms with Crippen LogP contribution in [0, 0.1) is 5.92 Å². The van der Waals surface area contributed by atoms with Gasteiger partial charge in [0, 0.05) is 62.9 Å². The van der Waals surface area contributed by atoms with Crippen molar-refractivity contribution in [2.24, 2.45) is 20.9 Å². The Morgan fingerprint density at radius 2 is 1.42 bits per heavy atom. The molecule has 1 aliphatic rings. The number of allylic oxidation sites excluding steroid dienone is 1. The molecule has 1 heterocycles. The molecule has 0 saturated carbocycles. The molecule has 1 atom stereocenters. The number of nitrogens with one attached hydrogen (secondary N) is 1. The topological polar surface area (TPSA) is 74.3 Å². The first-order valence-electron chi connectivity index (χ1n) is 19.5. The summed E-state index contributed by atoms with van der Waals surface area (Å²) < 4.78 is 2.42. The fraction of sp³-hybridized carbons (Fsp3) is 0.0851. The molecule has 0 spiro atoms. The molecule has 10 heteroatoms. The third kappa shape index (κ3) is 6.75. The van der Waals surface area contributed by atoms with E-state index in [0.29, 0.717) is 23.3 Å². The minimum absolute atomic E-state index is 0.348. The molecule has 274 valence electrons. The predicted molar refractivity (Wildman–Crippen MR) is 255 cm³/mol. The van der Waals surface area contributed by atoms with Crippen molar-refractivity contribution >= 4 is 100.0 Å². The second kappa shape index (κ2) is 15.5. The monoisotopic (exact) mass is 737 g/mol. The lowest BCUT2D eigenvalue weighted by atomic mass is 9.64. The van der Waals surface area contributed by atoms with Gasteiger partial charge in [0.25, 0.3) is 0 Å². The number of aliphatic imine (C=N–C) groups is 3. The highest BCUT2D eigenvalue weighted by Crippen LogP contribution is 2.46. The molecule has 7 aromatic rings. The molecule has 1 aromatic heterocycles. The number of hydrogen-bond donors (Lipinski definition) is 2. The minimum Gasteiger partial charge on any atom is -0.508 e. The van der Waals surface area contributed by atoms with Crippen LogP contribution >= 0.6 is 0 Å². The quantitative estimate of drug-likeness (QED) is 0.147. The summed E-state index contributed by atoms with van der Waals surface area (Å²) in [5, 5.41) is 16.2. The summed E-state index contributed by atoms with van der Waals surface area (Å²) in [6.45, 7) is 6.14. The van der Waals surface area contributed by atoms with Crippen LogP contribution in [0.4, 0.5) is 11.4 Å². The molecule has 1 aliphatic carbocycles. The van der Waals surface area contributed by atoms with E-state index >= 15 is 0 Å². The van der Waals surface area contributed by atoms with Gasteiger partial charge in [-0.2, -0.15) is 0 Å². The number of amidine groups is 2. The van der Waals surface area contributed by atoms with Crippen molar-refractivity contribution in [2.75, 3.05) is 12.4 Å². The van der Waals surface area contributed by atoms with Crippen LogP contribution in [0.1, 0.15) is 29.3 Å². The SMILES string of the molecule is Bc1c(B)c(B)c(-c2cccc(-n3c4c(c5c(-c6ccccc6/N=C(\N=C(/N=C)c6ccccc6)c6ccccc6)c(NC)ccc53)C=CC(C)C4)c2)c(O)c1B. The highest BCUT2D eigenvalue weighted by Gasteiger charge is 2.26. The second-order valence-corrected chi connectivity index (χ2v) is 14.9. The first-order valence-corrected chi connectivity index (χ1v) is 19.5. The zero-order chi connectivity index (χ0) is 39.8. The fourth-order valence-corrected chi connectivity index (χ4v) is 8.22. The Balaban J connectivity index is 1.38. The Labute approximate surface area is 338 Å². The van der Waals surface area contributed by atoms with Crippen LogP contribution in [0.3, 0.4) is 0 Å². The molecule has 6 nitrogen and oxygen atoms in total. The van der Waals surface area contributed by atoms with Gasteiger partial charge in [0.1, 0.15) is 37.1 Å². The van der Waals surface area contributed by atoms with E-state index in [1.54, 1.807) is 0 Å².